The van der Waals surface area contributed by atoms with Gasteiger partial charge in [0.15, 0.2) is 0 Å². The molecule has 15 heteroatoms. The van der Waals surface area contributed by atoms with Gasteiger partial charge in [-0.15, -0.1) is 16.4 Å². The minimum atomic E-state index is -0.0670. The fraction of sp³-hybridized carbons (Fsp3) is 0. The molecule has 0 N–H and O–H groups in total. The molecule has 1 heterocycles. The van der Waals surface area contributed by atoms with Crippen molar-refractivity contribution in [3.63, 3.8) is 0 Å². The molecule has 2 nitrogen and oxygen atoms in total. The lowest BCUT2D eigenvalue weighted by atomic mass is 9.55. The Kier molecular flexibility index (Phi) is 11.7. The molecular weight excluding hydrogens is 843 g/mol. The lowest BCUT2D eigenvalue weighted by Crippen LogP contribution is -2.57. The van der Waals surface area contributed by atoms with E-state index < -0.39 is 0 Å². The lowest BCUT2D eigenvalue weighted by Gasteiger charge is -2.35. The minimum absolute atomic E-state index is 0.000788. The molecule has 0 unspecified atom stereocenters. The third kappa shape index (κ3) is 7.20. The number of para-hydroxylation sites is 1. The summed E-state index contributed by atoms with van der Waals surface area (Å²) in [7, 11) is 88.0. The molecule has 0 saturated carbocycles. The Balaban J connectivity index is 1.17. The molecule has 0 atom stereocenters. The van der Waals surface area contributed by atoms with Crippen molar-refractivity contribution >= 4 is 234 Å². The quantitative estimate of drug-likeness (QED) is 0.216. The van der Waals surface area contributed by atoms with Crippen molar-refractivity contribution in [1.29, 1.82) is 0 Å². The van der Waals surface area contributed by atoms with Crippen molar-refractivity contribution in [3.8, 4) is 44.5 Å². The standard InChI is InChI=1S/C56H24B13NO/c57-42-38(40-46(61)50(65)52(67)51(66)47(40)62)43(58)45(60)39(44(42)59)41-48(63)53(68)55(54(69)49(41)64)70(28-14-7-13-27(24-28)30-18-8-12-25-10-1-3-15-29(25)30)35-20-6-5-17-32(35)33-19-9-21-36-37(33)34-23-22-26-11-2-4-16-31(26)56(34)71-36/h1-24H. The summed E-state index contributed by atoms with van der Waals surface area (Å²) in [6.45, 7) is 0. The van der Waals surface area contributed by atoms with Gasteiger partial charge in [0.1, 0.15) is 113 Å². The van der Waals surface area contributed by atoms with Crippen molar-refractivity contribution < 1.29 is 4.42 Å². The third-order valence-electron chi connectivity index (χ3n) is 13.7. The van der Waals surface area contributed by atoms with E-state index in [9.17, 15) is 0 Å². The van der Waals surface area contributed by atoms with Crippen LogP contribution in [0.1, 0.15) is 0 Å². The SMILES string of the molecule is [B]c1c([B])c([B])c(-c2c([B])c([B])c(-c3c([B])c([B])c(N(c4cccc(-c5cccc6ccccc56)c4)c4ccccc4-c4cccc5oc6c7ccccc7ccc6c45)c([B])c3[B])c([B])c2[B])c([B])c1[B]. The van der Waals surface area contributed by atoms with Gasteiger partial charge in [-0.25, -0.2) is 0 Å². The Hall–Kier alpha value is -6.84. The second-order valence-corrected chi connectivity index (χ2v) is 17.6. The summed E-state index contributed by atoms with van der Waals surface area (Å²) in [6, 6.07) is 49.0. The second kappa shape index (κ2) is 17.8. The normalized spacial score (nSPS) is 11.5. The third-order valence-corrected chi connectivity index (χ3v) is 13.7. The summed E-state index contributed by atoms with van der Waals surface area (Å²) >= 11 is 0. The average molecular weight is 867 g/mol. The van der Waals surface area contributed by atoms with Crippen LogP contribution in [0.15, 0.2) is 150 Å². The van der Waals surface area contributed by atoms with E-state index in [1.165, 1.54) is 0 Å². The Morgan fingerprint density at radius 3 is 1.41 bits per heavy atom. The highest BCUT2D eigenvalue weighted by Crippen LogP contribution is 2.45. The average Bonchev–Trinajstić information content (AvgIpc) is 3.79. The van der Waals surface area contributed by atoms with E-state index in [1.807, 2.05) is 77.7 Å². The molecule has 0 saturated heterocycles. The summed E-state index contributed by atoms with van der Waals surface area (Å²) in [5.41, 5.74) is 7.05. The first-order chi connectivity index (χ1) is 34.2. The van der Waals surface area contributed by atoms with Crippen molar-refractivity contribution in [3.05, 3.63) is 146 Å². The fourth-order valence-electron chi connectivity index (χ4n) is 10.2. The maximum atomic E-state index is 7.33. The topological polar surface area (TPSA) is 16.4 Å². The molecule has 0 aliphatic heterocycles. The second-order valence-electron chi connectivity index (χ2n) is 17.6. The molecule has 11 rings (SSSR count). The highest BCUT2D eigenvalue weighted by atomic mass is 16.3. The molecule has 71 heavy (non-hydrogen) atoms. The van der Waals surface area contributed by atoms with Crippen LogP contribution in [0.2, 0.25) is 0 Å². The number of rotatable bonds is 7. The highest BCUT2D eigenvalue weighted by molar-refractivity contribution is 6.72. The molecule has 298 valence electrons. The minimum Gasteiger partial charge on any atom is -0.455 e. The predicted molar refractivity (Wildman–Crippen MR) is 315 cm³/mol. The molecule has 0 spiro atoms. The summed E-state index contributed by atoms with van der Waals surface area (Å²) < 4.78 is 6.66. The van der Waals surface area contributed by atoms with Crippen LogP contribution in [0.25, 0.3) is 88.0 Å². The monoisotopic (exact) mass is 869 g/mol. The zero-order valence-corrected chi connectivity index (χ0v) is 38.2. The molecule has 0 aliphatic rings. The van der Waals surface area contributed by atoms with Crippen LogP contribution in [0.4, 0.5) is 17.1 Å². The van der Waals surface area contributed by atoms with Crippen molar-refractivity contribution in [2.75, 3.05) is 4.90 Å². The number of furan rings is 1. The van der Waals surface area contributed by atoms with Gasteiger partial charge >= 0.3 is 0 Å². The van der Waals surface area contributed by atoms with E-state index >= 15 is 0 Å². The van der Waals surface area contributed by atoms with E-state index in [0.717, 1.165) is 65.7 Å². The van der Waals surface area contributed by atoms with Crippen LogP contribution in [0, 0.1) is 0 Å². The van der Waals surface area contributed by atoms with E-state index in [1.54, 1.807) is 0 Å². The van der Waals surface area contributed by atoms with Crippen molar-refractivity contribution in [2.24, 2.45) is 0 Å². The molecule has 0 amide bonds. The van der Waals surface area contributed by atoms with Gasteiger partial charge in [0.2, 0.25) is 0 Å². The number of hydrogen-bond donors (Lipinski definition) is 0. The Morgan fingerprint density at radius 1 is 0.324 bits per heavy atom. The van der Waals surface area contributed by atoms with Crippen LogP contribution >= 0.6 is 0 Å². The zero-order chi connectivity index (χ0) is 49.7. The highest BCUT2D eigenvalue weighted by Gasteiger charge is 2.28. The van der Waals surface area contributed by atoms with E-state index in [4.69, 9.17) is 106 Å². The molecule has 10 aromatic carbocycles. The Labute approximate surface area is 430 Å². The molecule has 1 aromatic heterocycles. The maximum absolute atomic E-state index is 7.33. The van der Waals surface area contributed by atoms with Crippen molar-refractivity contribution in [2.45, 2.75) is 0 Å². The maximum Gasteiger partial charge on any atom is 0.143 e. The number of hydrogen-bond acceptors (Lipinski definition) is 2. The number of nitrogens with zero attached hydrogens (tertiary/aromatic N) is 1. The predicted octanol–water partition coefficient (Wildman–Crippen LogP) is 0.350. The van der Waals surface area contributed by atoms with Gasteiger partial charge in [-0.1, -0.05) is 170 Å². The first kappa shape index (κ1) is 46.5. The number of anilines is 3. The van der Waals surface area contributed by atoms with Crippen molar-refractivity contribution in [1.82, 2.24) is 0 Å². The number of benzene rings is 10. The van der Waals surface area contributed by atoms with E-state index in [2.05, 4.69) is 72.8 Å². The van der Waals surface area contributed by atoms with Crippen LogP contribution in [0.3, 0.4) is 0 Å². The Bertz CT molecular complexity index is 3980. The lowest BCUT2D eigenvalue weighted by molar-refractivity contribution is 0.673. The van der Waals surface area contributed by atoms with Gasteiger partial charge in [0.05, 0.1) is 5.69 Å². The molecule has 0 bridgehead atoms. The summed E-state index contributed by atoms with van der Waals surface area (Å²) in [5, 5.41) is 6.13. The van der Waals surface area contributed by atoms with Crippen LogP contribution in [0.5, 0.6) is 0 Å². The fourth-order valence-corrected chi connectivity index (χ4v) is 10.2. The van der Waals surface area contributed by atoms with Gasteiger partial charge in [-0.3, -0.25) is 0 Å². The van der Waals surface area contributed by atoms with E-state index in [-0.39, 0.29) is 93.3 Å². The van der Waals surface area contributed by atoms with Gasteiger partial charge in [-0.2, -0.15) is 0 Å². The molecule has 0 fully saturated rings. The number of fused-ring (bicyclic) bond motifs is 6. The Morgan fingerprint density at radius 2 is 0.775 bits per heavy atom. The van der Waals surface area contributed by atoms with Gasteiger partial charge < -0.3 is 9.32 Å². The molecular formula is C56H24B13NO. The van der Waals surface area contributed by atoms with Crippen LogP contribution in [-0.2, 0) is 0 Å². The largest absolute Gasteiger partial charge is 0.455 e. The summed E-state index contributed by atoms with van der Waals surface area (Å²) in [6.07, 6.45) is 0. The molecule has 26 radical (unpaired) electrons. The smallest absolute Gasteiger partial charge is 0.143 e. The summed E-state index contributed by atoms with van der Waals surface area (Å²) in [5.74, 6) is 0. The first-order valence-corrected chi connectivity index (χ1v) is 22.5. The van der Waals surface area contributed by atoms with Gasteiger partial charge in [0.25, 0.3) is 0 Å². The van der Waals surface area contributed by atoms with Gasteiger partial charge in [0, 0.05) is 33.1 Å². The zero-order valence-electron chi connectivity index (χ0n) is 38.2. The first-order valence-electron chi connectivity index (χ1n) is 22.5. The van der Waals surface area contributed by atoms with Crippen LogP contribution < -0.4 is 75.9 Å². The van der Waals surface area contributed by atoms with Gasteiger partial charge in [-0.05, 0) is 85.4 Å². The molecule has 0 aliphatic carbocycles. The molecule has 11 aromatic rings. The van der Waals surface area contributed by atoms with E-state index in [0.29, 0.717) is 17.1 Å². The van der Waals surface area contributed by atoms with Crippen LogP contribution in [-0.4, -0.2) is 102 Å². The summed E-state index contributed by atoms with van der Waals surface area (Å²) in [4.78, 5) is 1.97.